The minimum Gasteiger partial charge on any atom is -0.462 e. The van der Waals surface area contributed by atoms with Crippen LogP contribution in [0.1, 0.15) is 48.2 Å². The van der Waals surface area contributed by atoms with E-state index < -0.39 is 0 Å². The average Bonchev–Trinajstić information content (AvgIpc) is 3.19. The van der Waals surface area contributed by atoms with E-state index in [0.717, 1.165) is 11.6 Å². The van der Waals surface area contributed by atoms with Crippen molar-refractivity contribution in [2.75, 3.05) is 13.1 Å². The van der Waals surface area contributed by atoms with E-state index in [2.05, 4.69) is 15.6 Å². The third-order valence-electron chi connectivity index (χ3n) is 4.16. The quantitative estimate of drug-likeness (QED) is 0.555. The van der Waals surface area contributed by atoms with E-state index >= 15 is 0 Å². The van der Waals surface area contributed by atoms with Gasteiger partial charge in [0.05, 0.1) is 12.5 Å². The summed E-state index contributed by atoms with van der Waals surface area (Å²) in [7, 11) is 0. The summed E-state index contributed by atoms with van der Waals surface area (Å²) in [6.07, 6.45) is 11.1. The molecule has 2 N–H and O–H groups in total. The molecular formula is C17H25Cl2N3O2S. The van der Waals surface area contributed by atoms with E-state index in [1.165, 1.54) is 49.9 Å². The first-order valence-electron chi connectivity index (χ1n) is 8.34. The maximum absolute atomic E-state index is 12.1. The fourth-order valence-electron chi connectivity index (χ4n) is 2.92. The van der Waals surface area contributed by atoms with Crippen molar-refractivity contribution < 1.29 is 9.21 Å². The van der Waals surface area contributed by atoms with E-state index in [4.69, 9.17) is 4.42 Å². The first-order chi connectivity index (χ1) is 11.3. The molecule has 0 spiro atoms. The molecule has 0 saturated heterocycles. The topological polar surface area (TPSA) is 67.2 Å². The molecule has 2 aromatic rings. The lowest BCUT2D eigenvalue weighted by Crippen LogP contribution is -2.36. The Hall–Kier alpha value is -1.08. The fourth-order valence-corrected chi connectivity index (χ4v) is 3.72. The van der Waals surface area contributed by atoms with Gasteiger partial charge >= 0.3 is 0 Å². The van der Waals surface area contributed by atoms with Gasteiger partial charge in [-0.3, -0.25) is 4.79 Å². The molecule has 140 valence electrons. The van der Waals surface area contributed by atoms with Crippen molar-refractivity contribution in [1.82, 2.24) is 15.6 Å². The van der Waals surface area contributed by atoms with Gasteiger partial charge in [0.2, 0.25) is 0 Å². The number of nitrogens with zero attached hydrogens (tertiary/aromatic N) is 1. The highest BCUT2D eigenvalue weighted by Gasteiger charge is 2.14. The van der Waals surface area contributed by atoms with Crippen molar-refractivity contribution in [3.8, 4) is 10.8 Å². The summed E-state index contributed by atoms with van der Waals surface area (Å²) in [5, 5.41) is 7.24. The van der Waals surface area contributed by atoms with Gasteiger partial charge in [-0.25, -0.2) is 4.98 Å². The number of carbonyl (C=O) groups is 1. The summed E-state index contributed by atoms with van der Waals surface area (Å²) < 4.78 is 5.29. The second-order valence-corrected chi connectivity index (χ2v) is 6.94. The number of aromatic nitrogens is 1. The number of nitrogens with one attached hydrogen (secondary N) is 2. The normalized spacial score (nSPS) is 14.9. The summed E-state index contributed by atoms with van der Waals surface area (Å²) in [6, 6.07) is 4.27. The minimum absolute atomic E-state index is 0. The second-order valence-electron chi connectivity index (χ2n) is 5.91. The first-order valence-corrected chi connectivity index (χ1v) is 9.16. The van der Waals surface area contributed by atoms with Crippen molar-refractivity contribution in [3.05, 3.63) is 29.5 Å². The monoisotopic (exact) mass is 405 g/mol. The lowest BCUT2D eigenvalue weighted by Gasteiger charge is -2.16. The molecule has 1 amide bonds. The fraction of sp³-hybridized carbons (Fsp3) is 0.529. The maximum atomic E-state index is 12.1. The van der Waals surface area contributed by atoms with E-state index in [9.17, 15) is 4.79 Å². The first kappa shape index (κ1) is 22.0. The minimum atomic E-state index is -0.0667. The van der Waals surface area contributed by atoms with Crippen LogP contribution in [0.4, 0.5) is 0 Å². The SMILES string of the molecule is Cl.Cl.O=C(NCCNC1CCCCCC1)c1cnc(-c2ccco2)s1. The molecule has 5 nitrogen and oxygen atoms in total. The van der Waals surface area contributed by atoms with Gasteiger partial charge in [-0.05, 0) is 25.0 Å². The van der Waals surface area contributed by atoms with Crippen LogP contribution in [0.3, 0.4) is 0 Å². The van der Waals surface area contributed by atoms with Crippen LogP contribution in [0.25, 0.3) is 10.8 Å². The number of carbonyl (C=O) groups excluding carboxylic acids is 1. The van der Waals surface area contributed by atoms with Gasteiger partial charge < -0.3 is 15.1 Å². The predicted octanol–water partition coefficient (Wildman–Crippen LogP) is 4.29. The smallest absolute Gasteiger partial charge is 0.263 e. The van der Waals surface area contributed by atoms with Crippen LogP contribution in [-0.2, 0) is 0 Å². The van der Waals surface area contributed by atoms with Gasteiger partial charge in [0.15, 0.2) is 10.8 Å². The number of hydrogen-bond donors (Lipinski definition) is 2. The van der Waals surface area contributed by atoms with E-state index in [1.54, 1.807) is 12.5 Å². The molecule has 1 aliphatic rings. The molecule has 1 saturated carbocycles. The largest absolute Gasteiger partial charge is 0.462 e. The molecular weight excluding hydrogens is 381 g/mol. The van der Waals surface area contributed by atoms with Gasteiger partial charge in [0.25, 0.3) is 5.91 Å². The molecule has 2 heterocycles. The van der Waals surface area contributed by atoms with Gasteiger partial charge in [0, 0.05) is 19.1 Å². The Morgan fingerprint density at radius 2 is 1.96 bits per heavy atom. The van der Waals surface area contributed by atoms with Gasteiger partial charge in [0.1, 0.15) is 4.88 Å². The van der Waals surface area contributed by atoms with Crippen molar-refractivity contribution in [2.24, 2.45) is 0 Å². The third-order valence-corrected chi connectivity index (χ3v) is 5.17. The van der Waals surface area contributed by atoms with Crippen molar-refractivity contribution in [3.63, 3.8) is 0 Å². The Morgan fingerprint density at radius 3 is 2.64 bits per heavy atom. The highest BCUT2D eigenvalue weighted by molar-refractivity contribution is 7.16. The van der Waals surface area contributed by atoms with E-state index in [0.29, 0.717) is 23.2 Å². The Kier molecular flexibility index (Phi) is 10.1. The van der Waals surface area contributed by atoms with E-state index in [1.807, 2.05) is 12.1 Å². The van der Waals surface area contributed by atoms with E-state index in [-0.39, 0.29) is 30.7 Å². The molecule has 0 aromatic carbocycles. The lowest BCUT2D eigenvalue weighted by molar-refractivity contribution is 0.0957. The highest BCUT2D eigenvalue weighted by atomic mass is 35.5. The zero-order chi connectivity index (χ0) is 15.9. The summed E-state index contributed by atoms with van der Waals surface area (Å²) in [6.45, 7) is 1.46. The van der Waals surface area contributed by atoms with Gasteiger partial charge in [-0.15, -0.1) is 36.2 Å². The Balaban J connectivity index is 0.00000156. The molecule has 0 radical (unpaired) electrons. The van der Waals surface area contributed by atoms with Crippen molar-refractivity contribution in [1.29, 1.82) is 0 Å². The molecule has 0 atom stereocenters. The molecule has 8 heteroatoms. The summed E-state index contributed by atoms with van der Waals surface area (Å²) in [4.78, 5) is 17.0. The number of hydrogen-bond acceptors (Lipinski definition) is 5. The standard InChI is InChI=1S/C17H23N3O2S.2ClH/c21-16(15-12-20-17(23-15)14-8-5-11-22-14)19-10-9-18-13-6-3-1-2-4-7-13;;/h5,8,11-13,18H,1-4,6-7,9-10H2,(H,19,21);2*1H. The van der Waals surface area contributed by atoms with Gasteiger partial charge in [-0.1, -0.05) is 25.7 Å². The van der Waals surface area contributed by atoms with Crippen LogP contribution in [0.15, 0.2) is 29.0 Å². The molecule has 0 aliphatic heterocycles. The van der Waals surface area contributed by atoms with Crippen LogP contribution < -0.4 is 10.6 Å². The number of rotatable bonds is 6. The highest BCUT2D eigenvalue weighted by Crippen LogP contribution is 2.25. The van der Waals surface area contributed by atoms with Crippen LogP contribution >= 0.6 is 36.2 Å². The molecule has 0 unspecified atom stereocenters. The van der Waals surface area contributed by atoms with Gasteiger partial charge in [-0.2, -0.15) is 0 Å². The van der Waals surface area contributed by atoms with Crippen molar-refractivity contribution in [2.45, 2.75) is 44.6 Å². The molecule has 2 aromatic heterocycles. The third kappa shape index (κ3) is 6.62. The number of amides is 1. The van der Waals surface area contributed by atoms with Crippen LogP contribution in [0.2, 0.25) is 0 Å². The zero-order valence-corrected chi connectivity index (χ0v) is 16.5. The molecule has 3 rings (SSSR count). The lowest BCUT2D eigenvalue weighted by atomic mass is 10.1. The number of halogens is 2. The van der Waals surface area contributed by atoms with Crippen LogP contribution in [0.5, 0.6) is 0 Å². The molecule has 1 aliphatic carbocycles. The summed E-state index contributed by atoms with van der Waals surface area (Å²) in [5.41, 5.74) is 0. The molecule has 25 heavy (non-hydrogen) atoms. The Labute approximate surface area is 164 Å². The van der Waals surface area contributed by atoms with Crippen LogP contribution in [-0.4, -0.2) is 30.0 Å². The Bertz CT molecular complexity index is 611. The second kappa shape index (κ2) is 11.5. The van der Waals surface area contributed by atoms with Crippen molar-refractivity contribution >= 4 is 42.1 Å². The zero-order valence-electron chi connectivity index (χ0n) is 14.0. The summed E-state index contributed by atoms with van der Waals surface area (Å²) >= 11 is 1.35. The van der Waals surface area contributed by atoms with Crippen LogP contribution in [0, 0.1) is 0 Å². The molecule has 1 fully saturated rings. The molecule has 0 bridgehead atoms. The predicted molar refractivity (Wildman–Crippen MR) is 106 cm³/mol. The Morgan fingerprint density at radius 1 is 1.20 bits per heavy atom. The number of furan rings is 1. The maximum Gasteiger partial charge on any atom is 0.263 e. The number of thiazole rings is 1. The average molecular weight is 406 g/mol. The summed E-state index contributed by atoms with van der Waals surface area (Å²) in [5.74, 6) is 0.632.